The van der Waals surface area contributed by atoms with E-state index in [0.717, 1.165) is 16.8 Å². The van der Waals surface area contributed by atoms with Gasteiger partial charge in [-0.25, -0.2) is 0 Å². The summed E-state index contributed by atoms with van der Waals surface area (Å²) in [5.41, 5.74) is 3.25. The van der Waals surface area contributed by atoms with Crippen molar-refractivity contribution >= 4 is 5.69 Å². The van der Waals surface area contributed by atoms with Crippen molar-refractivity contribution in [3.63, 3.8) is 0 Å². The summed E-state index contributed by atoms with van der Waals surface area (Å²) in [6.45, 7) is 2.32. The third-order valence-corrected chi connectivity index (χ3v) is 3.05. The minimum absolute atomic E-state index is 0.379. The first-order valence-corrected chi connectivity index (χ1v) is 6.19. The molecule has 0 aromatic heterocycles. The highest BCUT2D eigenvalue weighted by molar-refractivity contribution is 5.62. The molecule has 0 saturated heterocycles. The Balaban J connectivity index is 2.10. The van der Waals surface area contributed by atoms with Crippen LogP contribution in [0.4, 0.5) is 5.69 Å². The fourth-order valence-corrected chi connectivity index (χ4v) is 1.99. The highest BCUT2D eigenvalue weighted by atomic mass is 16.3. The lowest BCUT2D eigenvalue weighted by Gasteiger charge is -2.15. The van der Waals surface area contributed by atoms with Gasteiger partial charge in [0, 0.05) is 6.54 Å². The molecule has 1 atom stereocenters. The van der Waals surface area contributed by atoms with Crippen molar-refractivity contribution in [1.29, 1.82) is 5.26 Å². The molecule has 0 amide bonds. The molecule has 0 radical (unpaired) electrons. The lowest BCUT2D eigenvalue weighted by atomic mass is 10.1. The zero-order chi connectivity index (χ0) is 13.7. The number of para-hydroxylation sites is 1. The Morgan fingerprint density at radius 2 is 1.89 bits per heavy atom. The second-order valence-electron chi connectivity index (χ2n) is 4.42. The molecule has 2 rings (SSSR count). The van der Waals surface area contributed by atoms with Gasteiger partial charge in [0.1, 0.15) is 6.07 Å². The van der Waals surface area contributed by atoms with Gasteiger partial charge in [0.05, 0.1) is 17.4 Å². The minimum atomic E-state index is -0.590. The summed E-state index contributed by atoms with van der Waals surface area (Å²) in [5, 5.41) is 22.3. The second kappa shape index (κ2) is 6.03. The van der Waals surface area contributed by atoms with Crippen LogP contribution in [-0.4, -0.2) is 11.7 Å². The highest BCUT2D eigenvalue weighted by Gasteiger charge is 2.09. The summed E-state index contributed by atoms with van der Waals surface area (Å²) in [6.07, 6.45) is -0.590. The largest absolute Gasteiger partial charge is 0.387 e. The Hall–Kier alpha value is -2.31. The molecule has 19 heavy (non-hydrogen) atoms. The fraction of sp³-hybridized carbons (Fsp3) is 0.188. The number of aliphatic hydroxyl groups excluding tert-OH is 1. The molecule has 96 valence electrons. The Morgan fingerprint density at radius 1 is 1.16 bits per heavy atom. The van der Waals surface area contributed by atoms with E-state index < -0.39 is 6.10 Å². The van der Waals surface area contributed by atoms with Gasteiger partial charge in [-0.15, -0.1) is 0 Å². The van der Waals surface area contributed by atoms with Crippen molar-refractivity contribution in [2.75, 3.05) is 11.9 Å². The SMILES string of the molecule is Cc1cccc(C#N)c1NCC(O)c1ccccc1. The zero-order valence-corrected chi connectivity index (χ0v) is 10.8. The maximum absolute atomic E-state index is 10.1. The number of anilines is 1. The molecule has 0 heterocycles. The monoisotopic (exact) mass is 252 g/mol. The Kier molecular flexibility index (Phi) is 4.17. The van der Waals surface area contributed by atoms with Gasteiger partial charge in [0.2, 0.25) is 0 Å². The van der Waals surface area contributed by atoms with E-state index in [9.17, 15) is 5.11 Å². The van der Waals surface area contributed by atoms with Crippen molar-refractivity contribution in [2.45, 2.75) is 13.0 Å². The van der Waals surface area contributed by atoms with E-state index in [1.807, 2.05) is 49.4 Å². The minimum Gasteiger partial charge on any atom is -0.387 e. The predicted octanol–water partition coefficient (Wildman–Crippen LogP) is 3.01. The van der Waals surface area contributed by atoms with Crippen molar-refractivity contribution < 1.29 is 5.11 Å². The molecule has 1 unspecified atom stereocenters. The van der Waals surface area contributed by atoms with Crippen LogP contribution < -0.4 is 5.32 Å². The van der Waals surface area contributed by atoms with Gasteiger partial charge in [0.25, 0.3) is 0 Å². The van der Waals surface area contributed by atoms with Crippen LogP contribution in [0.15, 0.2) is 48.5 Å². The van der Waals surface area contributed by atoms with Gasteiger partial charge in [0.15, 0.2) is 0 Å². The molecule has 0 saturated carbocycles. The van der Waals surface area contributed by atoms with Gasteiger partial charge >= 0.3 is 0 Å². The van der Waals surface area contributed by atoms with Crippen LogP contribution in [0.5, 0.6) is 0 Å². The topological polar surface area (TPSA) is 56.0 Å². The first-order valence-electron chi connectivity index (χ1n) is 6.19. The van der Waals surface area contributed by atoms with Crippen molar-refractivity contribution in [1.82, 2.24) is 0 Å². The molecular weight excluding hydrogens is 236 g/mol. The van der Waals surface area contributed by atoms with Crippen molar-refractivity contribution in [2.24, 2.45) is 0 Å². The van der Waals surface area contributed by atoms with E-state index in [-0.39, 0.29) is 0 Å². The summed E-state index contributed by atoms with van der Waals surface area (Å²) >= 11 is 0. The molecule has 2 N–H and O–H groups in total. The second-order valence-corrected chi connectivity index (χ2v) is 4.42. The van der Waals surface area contributed by atoms with Gasteiger partial charge in [-0.3, -0.25) is 0 Å². The molecule has 0 bridgehead atoms. The van der Waals surface area contributed by atoms with Crippen LogP contribution in [0.2, 0.25) is 0 Å². The fourth-order valence-electron chi connectivity index (χ4n) is 1.99. The molecule has 0 spiro atoms. The summed E-state index contributed by atoms with van der Waals surface area (Å²) in [4.78, 5) is 0. The number of aliphatic hydroxyl groups is 1. The van der Waals surface area contributed by atoms with Crippen molar-refractivity contribution in [3.05, 3.63) is 65.2 Å². The van der Waals surface area contributed by atoms with E-state index >= 15 is 0 Å². The van der Waals surface area contributed by atoms with Crippen LogP contribution >= 0.6 is 0 Å². The first-order chi connectivity index (χ1) is 9.22. The molecule has 3 heteroatoms. The number of rotatable bonds is 4. The van der Waals surface area contributed by atoms with Crippen molar-refractivity contribution in [3.8, 4) is 6.07 Å². The highest BCUT2D eigenvalue weighted by Crippen LogP contribution is 2.21. The lowest BCUT2D eigenvalue weighted by molar-refractivity contribution is 0.191. The molecule has 2 aromatic carbocycles. The van der Waals surface area contributed by atoms with Crippen LogP contribution in [0.3, 0.4) is 0 Å². The van der Waals surface area contributed by atoms with Gasteiger partial charge in [-0.05, 0) is 24.1 Å². The van der Waals surface area contributed by atoms with Crippen LogP contribution in [0.25, 0.3) is 0 Å². The van der Waals surface area contributed by atoms with Crippen LogP contribution in [-0.2, 0) is 0 Å². The van der Waals surface area contributed by atoms with E-state index in [2.05, 4.69) is 11.4 Å². The maximum atomic E-state index is 10.1. The third kappa shape index (κ3) is 3.12. The number of aryl methyl sites for hydroxylation is 1. The van der Waals surface area contributed by atoms with Gasteiger partial charge < -0.3 is 10.4 Å². The van der Waals surface area contributed by atoms with Crippen LogP contribution in [0, 0.1) is 18.3 Å². The van der Waals surface area contributed by atoms with Crippen LogP contribution in [0.1, 0.15) is 22.8 Å². The Morgan fingerprint density at radius 3 is 2.58 bits per heavy atom. The van der Waals surface area contributed by atoms with E-state index in [0.29, 0.717) is 12.1 Å². The smallest absolute Gasteiger partial charge is 0.101 e. The normalized spacial score (nSPS) is 11.6. The summed E-state index contributed by atoms with van der Waals surface area (Å²) in [5.74, 6) is 0. The van der Waals surface area contributed by atoms with Gasteiger partial charge in [-0.1, -0.05) is 42.5 Å². The molecule has 2 aromatic rings. The molecule has 0 aliphatic carbocycles. The number of hydrogen-bond acceptors (Lipinski definition) is 3. The molecule has 3 nitrogen and oxygen atoms in total. The zero-order valence-electron chi connectivity index (χ0n) is 10.8. The average molecular weight is 252 g/mol. The summed E-state index contributed by atoms with van der Waals surface area (Å²) in [6, 6.07) is 17.2. The number of nitrogens with one attached hydrogen (secondary N) is 1. The third-order valence-electron chi connectivity index (χ3n) is 3.05. The van der Waals surface area contributed by atoms with Gasteiger partial charge in [-0.2, -0.15) is 5.26 Å². The van der Waals surface area contributed by atoms with E-state index in [1.165, 1.54) is 0 Å². The Labute approximate surface area is 113 Å². The number of benzene rings is 2. The summed E-state index contributed by atoms with van der Waals surface area (Å²) < 4.78 is 0. The maximum Gasteiger partial charge on any atom is 0.101 e. The molecule has 0 aliphatic rings. The van der Waals surface area contributed by atoms with E-state index in [1.54, 1.807) is 6.07 Å². The number of hydrogen-bond donors (Lipinski definition) is 2. The standard InChI is InChI=1S/C16H16N2O/c1-12-6-5-9-14(10-17)16(12)18-11-15(19)13-7-3-2-4-8-13/h2-9,15,18-19H,11H2,1H3. The molecule has 0 aliphatic heterocycles. The number of nitriles is 1. The predicted molar refractivity (Wildman–Crippen MR) is 75.8 cm³/mol. The lowest BCUT2D eigenvalue weighted by Crippen LogP contribution is -2.13. The quantitative estimate of drug-likeness (QED) is 0.879. The first kappa shape index (κ1) is 13.1. The average Bonchev–Trinajstić information content (AvgIpc) is 2.46. The molecule has 0 fully saturated rings. The molecular formula is C16H16N2O. The summed E-state index contributed by atoms with van der Waals surface area (Å²) in [7, 11) is 0. The van der Waals surface area contributed by atoms with E-state index in [4.69, 9.17) is 5.26 Å². The Bertz CT molecular complexity index is 587. The number of nitrogens with zero attached hydrogens (tertiary/aromatic N) is 1.